The van der Waals surface area contributed by atoms with Gasteiger partial charge in [-0.1, -0.05) is 0 Å². The Balaban J connectivity index is 1.23. The largest absolute Gasteiger partial charge is 0.451 e. The number of rotatable bonds is 6. The zero-order chi connectivity index (χ0) is 18.6. The number of carbonyl (C=O) groups excluding carboxylic acids is 2. The molecular weight excluding hydrogens is 340 g/mol. The third-order valence-electron chi connectivity index (χ3n) is 7.14. The van der Waals surface area contributed by atoms with E-state index in [1.54, 1.807) is 19.1 Å². The Hall–Kier alpha value is -1.91. The Bertz CT molecular complexity index is 718. The predicted molar refractivity (Wildman–Crippen MR) is 101 cm³/mol. The number of anilines is 1. The van der Waals surface area contributed by atoms with Gasteiger partial charge in [-0.2, -0.15) is 0 Å². The van der Waals surface area contributed by atoms with Crippen LogP contribution in [0, 0.1) is 23.2 Å². The molecule has 0 radical (unpaired) electrons. The molecule has 4 bridgehead atoms. The van der Waals surface area contributed by atoms with Gasteiger partial charge in [-0.25, -0.2) is 9.78 Å². The zero-order valence-corrected chi connectivity index (χ0v) is 15.9. The van der Waals surface area contributed by atoms with Crippen molar-refractivity contribution in [1.29, 1.82) is 0 Å². The molecule has 5 aliphatic carbocycles. The lowest BCUT2D eigenvalue weighted by atomic mass is 9.48. The van der Waals surface area contributed by atoms with Crippen LogP contribution in [0.5, 0.6) is 0 Å². The van der Waals surface area contributed by atoms with E-state index in [9.17, 15) is 9.59 Å². The first kappa shape index (κ1) is 17.2. The number of hydrogen-bond donors (Lipinski definition) is 1. The van der Waals surface area contributed by atoms with Crippen LogP contribution >= 0.6 is 0 Å². The molecule has 5 saturated carbocycles. The summed E-state index contributed by atoms with van der Waals surface area (Å²) in [6.07, 6.45) is 10.1. The number of Topliss-reactive ketones (excluding diaryl/α,β-unsaturated/α-hetero) is 1. The predicted octanol–water partition coefficient (Wildman–Crippen LogP) is 3.99. The van der Waals surface area contributed by atoms with E-state index in [-0.39, 0.29) is 11.2 Å². The number of pyridine rings is 1. The molecule has 0 spiro atoms. The molecule has 0 saturated heterocycles. The summed E-state index contributed by atoms with van der Waals surface area (Å²) in [6.45, 7) is 1.75. The fourth-order valence-electron chi connectivity index (χ4n) is 6.16. The Kier molecular flexibility index (Phi) is 4.03. The van der Waals surface area contributed by atoms with Gasteiger partial charge in [0, 0.05) is 17.7 Å². The summed E-state index contributed by atoms with van der Waals surface area (Å²) in [6, 6.07) is 4.05. The van der Waals surface area contributed by atoms with Gasteiger partial charge in [0.2, 0.25) is 0 Å². The molecule has 0 amide bonds. The number of aromatic nitrogens is 1. The van der Waals surface area contributed by atoms with Crippen LogP contribution in [-0.4, -0.2) is 28.9 Å². The van der Waals surface area contributed by atoms with Gasteiger partial charge in [0.1, 0.15) is 5.82 Å². The molecule has 27 heavy (non-hydrogen) atoms. The standard InChI is InChI=1S/C22H28N2O3/c1-13(20(25)22-9-14-6-15(10-22)8-16(7-14)11-22)27-21(26)17-2-5-19(23-12-17)24-18-3-4-18/h2,5,12-16,18H,3-4,6-11H2,1H3,(H,23,24)/t13-,14?,15?,16?,22?/m1/s1. The summed E-state index contributed by atoms with van der Waals surface area (Å²) in [5.74, 6) is 2.60. The van der Waals surface area contributed by atoms with Crippen molar-refractivity contribution in [3.8, 4) is 0 Å². The number of nitrogens with zero attached hydrogens (tertiary/aromatic N) is 1. The fraction of sp³-hybridized carbons (Fsp3) is 0.682. The maximum atomic E-state index is 13.2. The molecule has 1 atom stereocenters. The number of carbonyl (C=O) groups is 2. The van der Waals surface area contributed by atoms with Crippen molar-refractivity contribution in [2.75, 3.05) is 5.32 Å². The summed E-state index contributed by atoms with van der Waals surface area (Å²) in [5, 5.41) is 3.30. The minimum absolute atomic E-state index is 0.148. The second-order valence-corrected chi connectivity index (χ2v) is 9.46. The van der Waals surface area contributed by atoms with E-state index < -0.39 is 12.1 Å². The normalized spacial score (nSPS) is 34.9. The van der Waals surface area contributed by atoms with E-state index in [0.717, 1.165) is 25.1 Å². The number of hydrogen-bond acceptors (Lipinski definition) is 5. The number of nitrogens with one attached hydrogen (secondary N) is 1. The van der Waals surface area contributed by atoms with E-state index >= 15 is 0 Å². The summed E-state index contributed by atoms with van der Waals surface area (Å²) in [5.41, 5.74) is 0.173. The van der Waals surface area contributed by atoms with E-state index in [1.165, 1.54) is 38.3 Å². The maximum Gasteiger partial charge on any atom is 0.340 e. The molecule has 5 fully saturated rings. The van der Waals surface area contributed by atoms with Crippen LogP contribution in [0.25, 0.3) is 0 Å². The average molecular weight is 368 g/mol. The molecule has 1 aromatic heterocycles. The van der Waals surface area contributed by atoms with Crippen LogP contribution in [0.3, 0.4) is 0 Å². The molecule has 5 nitrogen and oxygen atoms in total. The first-order chi connectivity index (χ1) is 13.0. The summed E-state index contributed by atoms with van der Waals surface area (Å²) in [4.78, 5) is 30.0. The van der Waals surface area contributed by atoms with Crippen molar-refractivity contribution < 1.29 is 14.3 Å². The van der Waals surface area contributed by atoms with Crippen LogP contribution in [0.1, 0.15) is 68.6 Å². The Morgan fingerprint density at radius 1 is 1.11 bits per heavy atom. The number of ether oxygens (including phenoxy) is 1. The SMILES string of the molecule is C[C@@H](OC(=O)c1ccc(NC2CC2)nc1)C(=O)C12CC3CC(CC(C3)C1)C2. The first-order valence-electron chi connectivity index (χ1n) is 10.5. The molecule has 5 aliphatic rings. The van der Waals surface area contributed by atoms with Gasteiger partial charge in [-0.3, -0.25) is 4.79 Å². The molecule has 1 heterocycles. The van der Waals surface area contributed by atoms with E-state index in [2.05, 4.69) is 10.3 Å². The van der Waals surface area contributed by atoms with Crippen molar-refractivity contribution in [1.82, 2.24) is 4.98 Å². The van der Waals surface area contributed by atoms with Crippen molar-refractivity contribution >= 4 is 17.6 Å². The van der Waals surface area contributed by atoms with Crippen molar-refractivity contribution in [3.63, 3.8) is 0 Å². The molecule has 144 valence electrons. The summed E-state index contributed by atoms with van der Waals surface area (Å²) >= 11 is 0. The van der Waals surface area contributed by atoms with Crippen molar-refractivity contribution in [2.45, 2.75) is 70.4 Å². The summed E-state index contributed by atoms with van der Waals surface area (Å²) < 4.78 is 5.57. The highest BCUT2D eigenvalue weighted by Crippen LogP contribution is 2.60. The van der Waals surface area contributed by atoms with E-state index in [4.69, 9.17) is 4.74 Å². The highest BCUT2D eigenvalue weighted by molar-refractivity contribution is 5.94. The fourth-order valence-corrected chi connectivity index (χ4v) is 6.16. The lowest BCUT2D eigenvalue weighted by Gasteiger charge is -2.56. The van der Waals surface area contributed by atoms with Gasteiger partial charge in [0.05, 0.1) is 5.56 Å². The molecular formula is C22H28N2O3. The molecule has 0 unspecified atom stereocenters. The maximum absolute atomic E-state index is 13.2. The average Bonchev–Trinajstić information content (AvgIpc) is 3.44. The Labute approximate surface area is 160 Å². The van der Waals surface area contributed by atoms with Crippen LogP contribution in [0.2, 0.25) is 0 Å². The van der Waals surface area contributed by atoms with Gasteiger partial charge in [0.15, 0.2) is 11.9 Å². The highest BCUT2D eigenvalue weighted by Gasteiger charge is 2.55. The van der Waals surface area contributed by atoms with Crippen molar-refractivity contribution in [2.24, 2.45) is 23.2 Å². The molecule has 5 heteroatoms. The number of esters is 1. The van der Waals surface area contributed by atoms with Crippen LogP contribution in [0.15, 0.2) is 18.3 Å². The van der Waals surface area contributed by atoms with Gasteiger partial charge in [-0.05, 0) is 88.2 Å². The second-order valence-electron chi connectivity index (χ2n) is 9.46. The third kappa shape index (κ3) is 3.26. The van der Waals surface area contributed by atoms with E-state index in [0.29, 0.717) is 29.4 Å². The lowest BCUT2D eigenvalue weighted by Crippen LogP contribution is -2.52. The topological polar surface area (TPSA) is 68.3 Å². The Morgan fingerprint density at radius 3 is 2.26 bits per heavy atom. The lowest BCUT2D eigenvalue weighted by molar-refractivity contribution is -0.152. The minimum Gasteiger partial charge on any atom is -0.451 e. The highest BCUT2D eigenvalue weighted by atomic mass is 16.5. The zero-order valence-electron chi connectivity index (χ0n) is 15.9. The van der Waals surface area contributed by atoms with Gasteiger partial charge in [-0.15, -0.1) is 0 Å². The molecule has 6 rings (SSSR count). The smallest absolute Gasteiger partial charge is 0.340 e. The molecule has 0 aliphatic heterocycles. The van der Waals surface area contributed by atoms with E-state index in [1.807, 2.05) is 0 Å². The van der Waals surface area contributed by atoms with Gasteiger partial charge in [0.25, 0.3) is 0 Å². The van der Waals surface area contributed by atoms with Crippen LogP contribution in [0.4, 0.5) is 5.82 Å². The monoisotopic (exact) mass is 368 g/mol. The summed E-state index contributed by atoms with van der Waals surface area (Å²) in [7, 11) is 0. The van der Waals surface area contributed by atoms with Crippen LogP contribution < -0.4 is 5.32 Å². The number of ketones is 1. The second kappa shape index (κ2) is 6.32. The third-order valence-corrected chi connectivity index (χ3v) is 7.14. The molecule has 1 aromatic rings. The van der Waals surface area contributed by atoms with Gasteiger partial charge >= 0.3 is 5.97 Å². The molecule has 0 aromatic carbocycles. The van der Waals surface area contributed by atoms with Crippen molar-refractivity contribution in [3.05, 3.63) is 23.9 Å². The quantitative estimate of drug-likeness (QED) is 0.769. The molecule has 1 N–H and O–H groups in total. The van der Waals surface area contributed by atoms with Gasteiger partial charge < -0.3 is 10.1 Å². The minimum atomic E-state index is -0.682. The van der Waals surface area contributed by atoms with Crippen LogP contribution in [-0.2, 0) is 9.53 Å². The first-order valence-corrected chi connectivity index (χ1v) is 10.5. The Morgan fingerprint density at radius 2 is 1.74 bits per heavy atom.